The molecule has 0 aliphatic rings. The summed E-state index contributed by atoms with van der Waals surface area (Å²) in [6.45, 7) is 2.10. The van der Waals surface area contributed by atoms with Crippen LogP contribution in [0.3, 0.4) is 0 Å². The third-order valence-electron chi connectivity index (χ3n) is 4.24. The molecule has 3 aromatic rings. The minimum absolute atomic E-state index is 0.0653. The number of nitrogens with zero attached hydrogens (tertiary/aromatic N) is 1. The minimum atomic E-state index is -0.0653. The summed E-state index contributed by atoms with van der Waals surface area (Å²) in [5, 5.41) is 6.01. The summed E-state index contributed by atoms with van der Waals surface area (Å²) in [6, 6.07) is 13.0. The highest BCUT2D eigenvalue weighted by atomic mass is 32.1. The minimum Gasteiger partial charge on any atom is -0.497 e. The molecule has 0 fully saturated rings. The number of carbonyl (C=O) groups is 1. The first-order chi connectivity index (χ1) is 13.6. The van der Waals surface area contributed by atoms with E-state index < -0.39 is 0 Å². The van der Waals surface area contributed by atoms with Crippen LogP contribution in [0.2, 0.25) is 0 Å². The summed E-state index contributed by atoms with van der Waals surface area (Å²) in [7, 11) is 1.62. The van der Waals surface area contributed by atoms with Gasteiger partial charge in [-0.05, 0) is 55.0 Å². The number of anilines is 1. The quantitative estimate of drug-likeness (QED) is 0.436. The number of aromatic nitrogens is 1. The van der Waals surface area contributed by atoms with Gasteiger partial charge in [0.15, 0.2) is 10.7 Å². The number of oxazole rings is 1. The van der Waals surface area contributed by atoms with Crippen LogP contribution in [-0.2, 0) is 4.79 Å². The van der Waals surface area contributed by atoms with Crippen molar-refractivity contribution < 1.29 is 13.9 Å². The smallest absolute Gasteiger partial charge is 0.227 e. The Labute approximate surface area is 169 Å². The molecule has 0 spiro atoms. The Balaban J connectivity index is 1.62. The van der Waals surface area contributed by atoms with Crippen molar-refractivity contribution >= 4 is 40.0 Å². The molecule has 3 rings (SSSR count). The van der Waals surface area contributed by atoms with Crippen LogP contribution in [0.1, 0.15) is 32.6 Å². The van der Waals surface area contributed by atoms with Crippen molar-refractivity contribution in [1.29, 1.82) is 0 Å². The lowest BCUT2D eigenvalue weighted by Crippen LogP contribution is -2.33. The fourth-order valence-electron chi connectivity index (χ4n) is 2.74. The Kier molecular flexibility index (Phi) is 6.60. The number of ether oxygens (including phenoxy) is 1. The van der Waals surface area contributed by atoms with E-state index in [0.29, 0.717) is 23.0 Å². The number of carbonyl (C=O) groups excluding carboxylic acids is 1. The molecular formula is C21H23N3O3S. The number of fused-ring (bicyclic) bond motifs is 1. The van der Waals surface area contributed by atoms with Crippen molar-refractivity contribution in [3.63, 3.8) is 0 Å². The zero-order chi connectivity index (χ0) is 19.9. The number of hydrogen-bond acceptors (Lipinski definition) is 5. The molecule has 0 unspecified atom stereocenters. The summed E-state index contributed by atoms with van der Waals surface area (Å²) >= 11 is 5.20. The molecule has 0 saturated carbocycles. The largest absolute Gasteiger partial charge is 0.497 e. The molecule has 0 saturated heterocycles. The second-order valence-electron chi connectivity index (χ2n) is 6.39. The summed E-state index contributed by atoms with van der Waals surface area (Å²) in [6.07, 6.45) is 3.47. The third kappa shape index (κ3) is 5.07. The van der Waals surface area contributed by atoms with E-state index in [1.807, 2.05) is 42.5 Å². The van der Waals surface area contributed by atoms with Gasteiger partial charge in [0.25, 0.3) is 0 Å². The van der Waals surface area contributed by atoms with E-state index in [2.05, 4.69) is 22.5 Å². The molecule has 28 heavy (non-hydrogen) atoms. The van der Waals surface area contributed by atoms with Gasteiger partial charge in [0.05, 0.1) is 7.11 Å². The van der Waals surface area contributed by atoms with E-state index in [9.17, 15) is 4.79 Å². The molecule has 2 N–H and O–H groups in total. The summed E-state index contributed by atoms with van der Waals surface area (Å²) in [5.74, 6) is 1.20. The Morgan fingerprint density at radius 1 is 1.18 bits per heavy atom. The highest BCUT2D eigenvalue weighted by Gasteiger charge is 2.10. The standard InChI is InChI=1S/C21H23N3O3S/c1-3-4-5-6-19(25)24-21(28)22-15-9-7-14(8-10-15)20-23-17-13-16(26-2)11-12-18(17)27-20/h7-13H,3-6H2,1-2H3,(H2,22,24,25,28). The molecule has 0 radical (unpaired) electrons. The molecule has 1 heterocycles. The van der Waals surface area contributed by atoms with Crippen molar-refractivity contribution in [3.05, 3.63) is 42.5 Å². The average Bonchev–Trinajstić information content (AvgIpc) is 3.11. The Morgan fingerprint density at radius 3 is 2.68 bits per heavy atom. The zero-order valence-corrected chi connectivity index (χ0v) is 16.8. The lowest BCUT2D eigenvalue weighted by molar-refractivity contribution is -0.119. The second kappa shape index (κ2) is 9.32. The highest BCUT2D eigenvalue weighted by Crippen LogP contribution is 2.27. The van der Waals surface area contributed by atoms with E-state index in [1.165, 1.54) is 0 Å². The topological polar surface area (TPSA) is 76.4 Å². The van der Waals surface area contributed by atoms with Crippen LogP contribution in [0, 0.1) is 0 Å². The average molecular weight is 398 g/mol. The lowest BCUT2D eigenvalue weighted by Gasteiger charge is -2.09. The van der Waals surface area contributed by atoms with E-state index in [4.69, 9.17) is 21.4 Å². The number of methoxy groups -OCH3 is 1. The summed E-state index contributed by atoms with van der Waals surface area (Å²) in [4.78, 5) is 16.3. The van der Waals surface area contributed by atoms with E-state index >= 15 is 0 Å². The van der Waals surface area contributed by atoms with Crippen LogP contribution in [0.15, 0.2) is 46.9 Å². The van der Waals surface area contributed by atoms with Crippen LogP contribution < -0.4 is 15.4 Å². The van der Waals surface area contributed by atoms with Crippen LogP contribution >= 0.6 is 12.2 Å². The fraction of sp³-hybridized carbons (Fsp3) is 0.286. The third-order valence-corrected chi connectivity index (χ3v) is 4.45. The number of hydrogen-bond donors (Lipinski definition) is 2. The van der Waals surface area contributed by atoms with Gasteiger partial charge in [0.1, 0.15) is 11.3 Å². The molecule has 0 aliphatic carbocycles. The molecule has 7 heteroatoms. The number of benzene rings is 2. The van der Waals surface area contributed by atoms with Crippen LogP contribution in [0.4, 0.5) is 5.69 Å². The highest BCUT2D eigenvalue weighted by molar-refractivity contribution is 7.80. The predicted octanol–water partition coefficient (Wildman–Crippen LogP) is 4.90. The molecule has 0 aliphatic heterocycles. The number of amides is 1. The van der Waals surface area contributed by atoms with Crippen LogP contribution in [0.25, 0.3) is 22.6 Å². The number of thiocarbonyl (C=S) groups is 1. The Bertz CT molecular complexity index is 967. The maximum Gasteiger partial charge on any atom is 0.227 e. The second-order valence-corrected chi connectivity index (χ2v) is 6.80. The monoisotopic (exact) mass is 397 g/mol. The SMILES string of the molecule is CCCCCC(=O)NC(=S)Nc1ccc(-c2nc3cc(OC)ccc3o2)cc1. The van der Waals surface area contributed by atoms with Gasteiger partial charge in [-0.25, -0.2) is 4.98 Å². The van der Waals surface area contributed by atoms with Crippen molar-refractivity contribution in [1.82, 2.24) is 10.3 Å². The molecule has 0 atom stereocenters. The first kappa shape index (κ1) is 19.8. The Morgan fingerprint density at radius 2 is 1.96 bits per heavy atom. The van der Waals surface area contributed by atoms with Crippen molar-refractivity contribution in [2.45, 2.75) is 32.6 Å². The van der Waals surface area contributed by atoms with Gasteiger partial charge in [0.2, 0.25) is 11.8 Å². The first-order valence-electron chi connectivity index (χ1n) is 9.25. The molecule has 2 aromatic carbocycles. The molecule has 1 aromatic heterocycles. The maximum atomic E-state index is 11.8. The molecule has 0 bridgehead atoms. The van der Waals surface area contributed by atoms with Crippen molar-refractivity contribution in [2.75, 3.05) is 12.4 Å². The zero-order valence-electron chi connectivity index (χ0n) is 16.0. The van der Waals surface area contributed by atoms with Crippen LogP contribution in [-0.4, -0.2) is 23.1 Å². The number of rotatable bonds is 7. The molecular weight excluding hydrogens is 374 g/mol. The van der Waals surface area contributed by atoms with Gasteiger partial charge in [-0.3, -0.25) is 4.79 Å². The van der Waals surface area contributed by atoms with Gasteiger partial charge >= 0.3 is 0 Å². The first-order valence-corrected chi connectivity index (χ1v) is 9.65. The van der Waals surface area contributed by atoms with Gasteiger partial charge in [-0.1, -0.05) is 19.8 Å². The molecule has 146 valence electrons. The molecule has 6 nitrogen and oxygen atoms in total. The summed E-state index contributed by atoms with van der Waals surface area (Å²) in [5.41, 5.74) is 3.06. The maximum absolute atomic E-state index is 11.8. The van der Waals surface area contributed by atoms with E-state index in [0.717, 1.165) is 41.8 Å². The van der Waals surface area contributed by atoms with Crippen molar-refractivity contribution in [3.8, 4) is 17.2 Å². The Hall–Kier alpha value is -2.93. The van der Waals surface area contributed by atoms with E-state index in [-0.39, 0.29) is 5.91 Å². The van der Waals surface area contributed by atoms with Crippen molar-refractivity contribution in [2.24, 2.45) is 0 Å². The normalized spacial score (nSPS) is 10.6. The predicted molar refractivity (Wildman–Crippen MR) is 115 cm³/mol. The van der Waals surface area contributed by atoms with Gasteiger partial charge in [0, 0.05) is 23.7 Å². The lowest BCUT2D eigenvalue weighted by atomic mass is 10.2. The van der Waals surface area contributed by atoms with Gasteiger partial charge < -0.3 is 19.8 Å². The number of unbranched alkanes of at least 4 members (excludes halogenated alkanes) is 2. The summed E-state index contributed by atoms with van der Waals surface area (Å²) < 4.78 is 11.0. The number of nitrogens with one attached hydrogen (secondary N) is 2. The molecule has 1 amide bonds. The van der Waals surface area contributed by atoms with E-state index in [1.54, 1.807) is 7.11 Å². The van der Waals surface area contributed by atoms with Gasteiger partial charge in [-0.15, -0.1) is 0 Å². The van der Waals surface area contributed by atoms with Crippen LogP contribution in [0.5, 0.6) is 5.75 Å². The van der Waals surface area contributed by atoms with Gasteiger partial charge in [-0.2, -0.15) is 0 Å². The fourth-order valence-corrected chi connectivity index (χ4v) is 2.97.